The van der Waals surface area contributed by atoms with Gasteiger partial charge in [-0.2, -0.15) is 0 Å². The van der Waals surface area contributed by atoms with Gasteiger partial charge in [-0.1, -0.05) is 33.1 Å². The Labute approximate surface area is 116 Å². The Morgan fingerprint density at radius 1 is 1.16 bits per heavy atom. The van der Waals surface area contributed by atoms with E-state index < -0.39 is 11.9 Å². The smallest absolute Gasteiger partial charge is 0.307 e. The van der Waals surface area contributed by atoms with E-state index in [1.54, 1.807) is 0 Å². The third-order valence-corrected chi connectivity index (χ3v) is 4.48. The molecule has 0 spiro atoms. The van der Waals surface area contributed by atoms with Gasteiger partial charge in [-0.25, -0.2) is 0 Å². The monoisotopic (exact) mass is 269 g/mol. The molecular weight excluding hydrogens is 242 g/mol. The van der Waals surface area contributed by atoms with Gasteiger partial charge in [-0.05, 0) is 25.7 Å². The second kappa shape index (κ2) is 7.51. The summed E-state index contributed by atoms with van der Waals surface area (Å²) in [5.74, 6) is -1.00. The van der Waals surface area contributed by atoms with E-state index in [9.17, 15) is 14.7 Å². The highest BCUT2D eigenvalue weighted by molar-refractivity contribution is 5.85. The van der Waals surface area contributed by atoms with Crippen LogP contribution in [0.3, 0.4) is 0 Å². The maximum absolute atomic E-state index is 12.5. The summed E-state index contributed by atoms with van der Waals surface area (Å²) in [6.07, 6.45) is 4.36. The Balaban J connectivity index is 2.69. The van der Waals surface area contributed by atoms with Gasteiger partial charge in [0.05, 0.1) is 11.8 Å². The first-order valence-corrected chi connectivity index (χ1v) is 7.56. The van der Waals surface area contributed by atoms with Crippen molar-refractivity contribution in [1.29, 1.82) is 0 Å². The summed E-state index contributed by atoms with van der Waals surface area (Å²) < 4.78 is 0. The number of nitrogens with zero attached hydrogens (tertiary/aromatic N) is 1. The maximum Gasteiger partial charge on any atom is 0.307 e. The number of carboxylic acids is 1. The number of hydrogen-bond acceptors (Lipinski definition) is 2. The molecule has 0 saturated heterocycles. The van der Waals surface area contributed by atoms with E-state index in [1.807, 2.05) is 11.8 Å². The van der Waals surface area contributed by atoms with Gasteiger partial charge < -0.3 is 10.0 Å². The predicted octanol–water partition coefficient (Wildman–Crippen LogP) is 2.77. The van der Waals surface area contributed by atoms with Crippen LogP contribution in [-0.4, -0.2) is 35.0 Å². The quantitative estimate of drug-likeness (QED) is 0.773. The van der Waals surface area contributed by atoms with Crippen LogP contribution >= 0.6 is 0 Å². The molecule has 0 heterocycles. The summed E-state index contributed by atoms with van der Waals surface area (Å²) >= 11 is 0. The summed E-state index contributed by atoms with van der Waals surface area (Å²) in [5, 5.41) is 9.19. The van der Waals surface area contributed by atoms with Crippen molar-refractivity contribution in [3.05, 3.63) is 0 Å². The van der Waals surface area contributed by atoms with Gasteiger partial charge in [0.25, 0.3) is 0 Å². The van der Waals surface area contributed by atoms with E-state index in [2.05, 4.69) is 13.8 Å². The highest BCUT2D eigenvalue weighted by atomic mass is 16.4. The Hall–Kier alpha value is -1.06. The first kappa shape index (κ1) is 16.0. The molecule has 19 heavy (non-hydrogen) atoms. The van der Waals surface area contributed by atoms with Gasteiger partial charge in [0.1, 0.15) is 0 Å². The maximum atomic E-state index is 12.5. The lowest BCUT2D eigenvalue weighted by Gasteiger charge is -2.29. The Bertz CT molecular complexity index is 313. The molecule has 1 fully saturated rings. The summed E-state index contributed by atoms with van der Waals surface area (Å²) in [6.45, 7) is 7.71. The minimum atomic E-state index is -0.811. The molecule has 0 radical (unpaired) electrons. The molecule has 0 aromatic rings. The summed E-state index contributed by atoms with van der Waals surface area (Å²) in [7, 11) is 0. The average Bonchev–Trinajstić information content (AvgIpc) is 2.89. The summed E-state index contributed by atoms with van der Waals surface area (Å²) in [6, 6.07) is 0. The van der Waals surface area contributed by atoms with Crippen LogP contribution in [0.2, 0.25) is 0 Å². The van der Waals surface area contributed by atoms with Crippen molar-refractivity contribution in [2.45, 2.75) is 52.9 Å². The lowest BCUT2D eigenvalue weighted by Crippen LogP contribution is -2.41. The van der Waals surface area contributed by atoms with Crippen molar-refractivity contribution in [1.82, 2.24) is 4.90 Å². The normalized spacial score (nSPS) is 22.7. The van der Waals surface area contributed by atoms with Crippen LogP contribution < -0.4 is 0 Å². The highest BCUT2D eigenvalue weighted by Crippen LogP contribution is 2.33. The Morgan fingerprint density at radius 2 is 1.74 bits per heavy atom. The van der Waals surface area contributed by atoms with Crippen LogP contribution in [0.15, 0.2) is 0 Å². The zero-order valence-corrected chi connectivity index (χ0v) is 12.4. The van der Waals surface area contributed by atoms with Crippen LogP contribution in [0.4, 0.5) is 0 Å². The van der Waals surface area contributed by atoms with E-state index in [0.29, 0.717) is 18.9 Å². The third kappa shape index (κ3) is 3.95. The molecule has 4 nitrogen and oxygen atoms in total. The minimum Gasteiger partial charge on any atom is -0.481 e. The van der Waals surface area contributed by atoms with Crippen molar-refractivity contribution >= 4 is 11.9 Å². The van der Waals surface area contributed by atoms with E-state index in [4.69, 9.17) is 0 Å². The average molecular weight is 269 g/mol. The molecule has 1 N–H and O–H groups in total. The molecule has 0 aromatic heterocycles. The van der Waals surface area contributed by atoms with Crippen LogP contribution in [0, 0.1) is 17.8 Å². The van der Waals surface area contributed by atoms with Gasteiger partial charge in [0.2, 0.25) is 5.91 Å². The molecule has 2 unspecified atom stereocenters. The standard InChI is InChI=1S/C15H27NO3/c1-4-11(5-2)10-16(6-3)14(17)12-8-7-9-13(12)15(18)19/h11-13H,4-10H2,1-3H3,(H,18,19). The lowest BCUT2D eigenvalue weighted by atomic mass is 9.94. The van der Waals surface area contributed by atoms with Crippen molar-refractivity contribution in [3.63, 3.8) is 0 Å². The van der Waals surface area contributed by atoms with Gasteiger partial charge in [0, 0.05) is 13.1 Å². The first-order valence-electron chi connectivity index (χ1n) is 7.56. The number of aliphatic carboxylic acids is 1. The fourth-order valence-corrected chi connectivity index (χ4v) is 3.02. The molecule has 0 aromatic carbocycles. The second-order valence-electron chi connectivity index (χ2n) is 5.54. The fourth-order valence-electron chi connectivity index (χ4n) is 3.02. The number of carbonyl (C=O) groups excluding carboxylic acids is 1. The Morgan fingerprint density at radius 3 is 2.21 bits per heavy atom. The molecule has 4 heteroatoms. The van der Waals surface area contributed by atoms with Crippen LogP contribution in [0.5, 0.6) is 0 Å². The number of carbonyl (C=O) groups is 2. The lowest BCUT2D eigenvalue weighted by molar-refractivity contribution is -0.149. The topological polar surface area (TPSA) is 57.6 Å². The molecule has 2 atom stereocenters. The first-order chi connectivity index (χ1) is 9.04. The fraction of sp³-hybridized carbons (Fsp3) is 0.867. The largest absolute Gasteiger partial charge is 0.481 e. The number of amides is 1. The third-order valence-electron chi connectivity index (χ3n) is 4.48. The molecule has 1 aliphatic carbocycles. The SMILES string of the molecule is CCC(CC)CN(CC)C(=O)C1CCCC1C(=O)O. The molecule has 1 rings (SSSR count). The molecule has 1 saturated carbocycles. The Kier molecular flexibility index (Phi) is 6.32. The number of rotatable bonds is 7. The summed E-state index contributed by atoms with van der Waals surface area (Å²) in [5.41, 5.74) is 0. The van der Waals surface area contributed by atoms with Gasteiger partial charge in [-0.3, -0.25) is 9.59 Å². The predicted molar refractivity (Wildman–Crippen MR) is 74.8 cm³/mol. The van der Waals surface area contributed by atoms with Crippen LogP contribution in [0.25, 0.3) is 0 Å². The van der Waals surface area contributed by atoms with Gasteiger partial charge in [-0.15, -0.1) is 0 Å². The second-order valence-corrected chi connectivity index (χ2v) is 5.54. The molecular formula is C15H27NO3. The molecule has 0 aliphatic heterocycles. The van der Waals surface area contributed by atoms with Gasteiger partial charge in [0.15, 0.2) is 0 Å². The number of hydrogen-bond donors (Lipinski definition) is 1. The zero-order chi connectivity index (χ0) is 14.4. The van der Waals surface area contributed by atoms with E-state index in [-0.39, 0.29) is 11.8 Å². The molecule has 1 amide bonds. The zero-order valence-electron chi connectivity index (χ0n) is 12.4. The molecule has 110 valence electrons. The number of carboxylic acid groups (broad SMARTS) is 1. The van der Waals surface area contributed by atoms with Crippen molar-refractivity contribution in [2.75, 3.05) is 13.1 Å². The van der Waals surface area contributed by atoms with E-state index >= 15 is 0 Å². The van der Waals surface area contributed by atoms with Crippen molar-refractivity contribution in [3.8, 4) is 0 Å². The van der Waals surface area contributed by atoms with E-state index in [0.717, 1.165) is 32.2 Å². The van der Waals surface area contributed by atoms with E-state index in [1.165, 1.54) is 0 Å². The van der Waals surface area contributed by atoms with Crippen LogP contribution in [0.1, 0.15) is 52.9 Å². The minimum absolute atomic E-state index is 0.0549. The van der Waals surface area contributed by atoms with Crippen LogP contribution in [-0.2, 0) is 9.59 Å². The summed E-state index contributed by atoms with van der Waals surface area (Å²) in [4.78, 5) is 25.6. The molecule has 0 bridgehead atoms. The highest BCUT2D eigenvalue weighted by Gasteiger charge is 2.39. The molecule has 1 aliphatic rings. The van der Waals surface area contributed by atoms with Gasteiger partial charge >= 0.3 is 5.97 Å². The van der Waals surface area contributed by atoms with Crippen molar-refractivity contribution in [2.24, 2.45) is 17.8 Å². The van der Waals surface area contributed by atoms with Crippen molar-refractivity contribution < 1.29 is 14.7 Å².